The summed E-state index contributed by atoms with van der Waals surface area (Å²) < 4.78 is 0. The summed E-state index contributed by atoms with van der Waals surface area (Å²) in [6.45, 7) is 2.09. The van der Waals surface area contributed by atoms with Crippen molar-refractivity contribution in [2.75, 3.05) is 6.54 Å². The molecule has 0 heterocycles. The van der Waals surface area contributed by atoms with E-state index in [0.29, 0.717) is 0 Å². The molecule has 0 aromatic heterocycles. The lowest BCUT2D eigenvalue weighted by molar-refractivity contribution is 0.498. The second-order valence-electron chi connectivity index (χ2n) is 5.16. The first-order valence-electron chi connectivity index (χ1n) is 6.73. The summed E-state index contributed by atoms with van der Waals surface area (Å²) in [5.41, 5.74) is 4.46. The maximum absolute atomic E-state index is 3.58. The highest BCUT2D eigenvalue weighted by Gasteiger charge is 2.19. The van der Waals surface area contributed by atoms with Gasteiger partial charge in [0.2, 0.25) is 0 Å². The fourth-order valence-corrected chi connectivity index (χ4v) is 2.81. The van der Waals surface area contributed by atoms with Gasteiger partial charge in [0.1, 0.15) is 0 Å². The molecule has 0 bridgehead atoms. The van der Waals surface area contributed by atoms with Crippen LogP contribution >= 0.6 is 0 Å². The van der Waals surface area contributed by atoms with Crippen LogP contribution in [0.2, 0.25) is 0 Å². The number of nitrogens with one attached hydrogen (secondary N) is 1. The highest BCUT2D eigenvalue weighted by molar-refractivity contribution is 5.32. The zero-order chi connectivity index (χ0) is 12.2. The van der Waals surface area contributed by atoms with Gasteiger partial charge in [-0.15, -0.1) is 0 Å². The lowest BCUT2D eigenvalue weighted by atomic mass is 10.1. The van der Waals surface area contributed by atoms with E-state index in [4.69, 9.17) is 0 Å². The molecule has 0 saturated carbocycles. The molecule has 3 rings (SSSR count). The summed E-state index contributed by atoms with van der Waals surface area (Å²) in [6, 6.07) is 19.5. The highest BCUT2D eigenvalue weighted by atomic mass is 14.9. The molecule has 0 saturated heterocycles. The average Bonchev–Trinajstić information content (AvgIpc) is 2.82. The third kappa shape index (κ3) is 2.62. The molecule has 0 radical (unpaired) electrons. The Morgan fingerprint density at radius 3 is 2.11 bits per heavy atom. The highest BCUT2D eigenvalue weighted by Crippen LogP contribution is 2.25. The van der Waals surface area contributed by atoms with Gasteiger partial charge in [-0.2, -0.15) is 0 Å². The van der Waals surface area contributed by atoms with Gasteiger partial charge in [0.05, 0.1) is 0 Å². The maximum Gasteiger partial charge on any atom is 0.0205 e. The average molecular weight is 237 g/mol. The van der Waals surface area contributed by atoms with E-state index in [1.807, 2.05) is 0 Å². The third-order valence-electron chi connectivity index (χ3n) is 3.74. The first-order valence-corrected chi connectivity index (χ1v) is 6.73. The number of fused-ring (bicyclic) bond motifs is 1. The minimum absolute atomic E-state index is 0.770. The minimum atomic E-state index is 0.770. The standard InChI is InChI=1S/C17H19N/c1-2-6-14(7-3-1)12-18-13-15-10-16-8-4-5-9-17(16)11-15/h1-9,15,18H,10-13H2. The summed E-state index contributed by atoms with van der Waals surface area (Å²) in [5, 5.41) is 3.58. The van der Waals surface area contributed by atoms with Gasteiger partial charge in [-0.3, -0.25) is 0 Å². The molecule has 0 fully saturated rings. The van der Waals surface area contributed by atoms with Crippen molar-refractivity contribution in [1.82, 2.24) is 5.32 Å². The zero-order valence-corrected chi connectivity index (χ0v) is 10.6. The van der Waals surface area contributed by atoms with Crippen molar-refractivity contribution in [2.45, 2.75) is 19.4 Å². The smallest absolute Gasteiger partial charge is 0.0205 e. The van der Waals surface area contributed by atoms with E-state index >= 15 is 0 Å². The summed E-state index contributed by atoms with van der Waals surface area (Å²) >= 11 is 0. The number of rotatable bonds is 4. The normalized spacial score (nSPS) is 14.7. The van der Waals surface area contributed by atoms with Gasteiger partial charge in [-0.1, -0.05) is 54.6 Å². The van der Waals surface area contributed by atoms with Crippen LogP contribution in [0.25, 0.3) is 0 Å². The van der Waals surface area contributed by atoms with Crippen LogP contribution in [0.15, 0.2) is 54.6 Å². The van der Waals surface area contributed by atoms with Crippen LogP contribution in [0.3, 0.4) is 0 Å². The summed E-state index contributed by atoms with van der Waals surface area (Å²) in [4.78, 5) is 0. The lowest BCUT2D eigenvalue weighted by Crippen LogP contribution is -2.22. The molecule has 0 unspecified atom stereocenters. The number of hydrogen-bond donors (Lipinski definition) is 1. The Bertz CT molecular complexity index is 479. The second kappa shape index (κ2) is 5.36. The monoisotopic (exact) mass is 237 g/mol. The van der Waals surface area contributed by atoms with Crippen LogP contribution in [0, 0.1) is 5.92 Å². The summed E-state index contributed by atoms with van der Waals surface area (Å²) in [5.74, 6) is 0.770. The molecule has 2 aromatic rings. The molecular weight excluding hydrogens is 218 g/mol. The predicted octanol–water partition coefficient (Wildman–Crippen LogP) is 3.19. The maximum atomic E-state index is 3.58. The van der Waals surface area contributed by atoms with Crippen molar-refractivity contribution in [1.29, 1.82) is 0 Å². The Labute approximate surface area is 109 Å². The van der Waals surface area contributed by atoms with E-state index in [0.717, 1.165) is 19.0 Å². The Morgan fingerprint density at radius 2 is 1.44 bits per heavy atom. The van der Waals surface area contributed by atoms with Gasteiger partial charge in [-0.05, 0) is 42.0 Å². The SMILES string of the molecule is c1ccc(CNCC2Cc3ccccc3C2)cc1. The number of benzene rings is 2. The van der Waals surface area contributed by atoms with Crippen LogP contribution in [0.1, 0.15) is 16.7 Å². The Balaban J connectivity index is 1.49. The van der Waals surface area contributed by atoms with Crippen LogP contribution in [0.5, 0.6) is 0 Å². The molecular formula is C17H19N. The quantitative estimate of drug-likeness (QED) is 0.861. The third-order valence-corrected chi connectivity index (χ3v) is 3.74. The topological polar surface area (TPSA) is 12.0 Å². The minimum Gasteiger partial charge on any atom is -0.312 e. The van der Waals surface area contributed by atoms with E-state index in [9.17, 15) is 0 Å². The molecule has 92 valence electrons. The van der Waals surface area contributed by atoms with Crippen molar-refractivity contribution in [3.63, 3.8) is 0 Å². The van der Waals surface area contributed by atoms with Crippen molar-refractivity contribution >= 4 is 0 Å². The fourth-order valence-electron chi connectivity index (χ4n) is 2.81. The van der Waals surface area contributed by atoms with E-state index in [1.165, 1.54) is 18.4 Å². The lowest BCUT2D eigenvalue weighted by Gasteiger charge is -2.10. The molecule has 2 aromatic carbocycles. The molecule has 1 aliphatic rings. The van der Waals surface area contributed by atoms with Crippen LogP contribution in [0.4, 0.5) is 0 Å². The molecule has 0 amide bonds. The van der Waals surface area contributed by atoms with Crippen molar-refractivity contribution in [3.05, 3.63) is 71.3 Å². The molecule has 1 aliphatic carbocycles. The molecule has 1 nitrogen and oxygen atoms in total. The van der Waals surface area contributed by atoms with Gasteiger partial charge in [0, 0.05) is 6.54 Å². The first kappa shape index (κ1) is 11.5. The van der Waals surface area contributed by atoms with E-state index < -0.39 is 0 Å². The molecule has 0 spiro atoms. The predicted molar refractivity (Wildman–Crippen MR) is 75.5 cm³/mol. The van der Waals surface area contributed by atoms with Gasteiger partial charge in [0.15, 0.2) is 0 Å². The fraction of sp³-hybridized carbons (Fsp3) is 0.294. The first-order chi connectivity index (χ1) is 8.92. The van der Waals surface area contributed by atoms with Crippen molar-refractivity contribution < 1.29 is 0 Å². The van der Waals surface area contributed by atoms with Crippen LogP contribution in [-0.4, -0.2) is 6.54 Å². The van der Waals surface area contributed by atoms with Crippen molar-refractivity contribution in [2.24, 2.45) is 5.92 Å². The van der Waals surface area contributed by atoms with Gasteiger partial charge in [-0.25, -0.2) is 0 Å². The van der Waals surface area contributed by atoms with Crippen LogP contribution < -0.4 is 5.32 Å². The second-order valence-corrected chi connectivity index (χ2v) is 5.16. The number of hydrogen-bond acceptors (Lipinski definition) is 1. The van der Waals surface area contributed by atoms with E-state index in [2.05, 4.69) is 59.9 Å². The van der Waals surface area contributed by atoms with Gasteiger partial charge in [0.25, 0.3) is 0 Å². The van der Waals surface area contributed by atoms with Gasteiger partial charge >= 0.3 is 0 Å². The summed E-state index contributed by atoms with van der Waals surface area (Å²) in [7, 11) is 0. The molecule has 1 heteroatoms. The van der Waals surface area contributed by atoms with Crippen molar-refractivity contribution in [3.8, 4) is 0 Å². The molecule has 1 N–H and O–H groups in total. The van der Waals surface area contributed by atoms with E-state index in [1.54, 1.807) is 11.1 Å². The van der Waals surface area contributed by atoms with E-state index in [-0.39, 0.29) is 0 Å². The van der Waals surface area contributed by atoms with Gasteiger partial charge < -0.3 is 5.32 Å². The zero-order valence-electron chi connectivity index (χ0n) is 10.6. The molecule has 0 aliphatic heterocycles. The molecule has 0 atom stereocenters. The Kier molecular flexibility index (Phi) is 3.42. The Hall–Kier alpha value is -1.60. The molecule has 18 heavy (non-hydrogen) atoms. The summed E-state index contributed by atoms with van der Waals surface area (Å²) in [6.07, 6.45) is 2.47. The van der Waals surface area contributed by atoms with Crippen LogP contribution in [-0.2, 0) is 19.4 Å². The largest absolute Gasteiger partial charge is 0.312 e. The Morgan fingerprint density at radius 1 is 0.833 bits per heavy atom.